The van der Waals surface area contributed by atoms with Crippen LogP contribution in [-0.4, -0.2) is 36.2 Å². The Kier molecular flexibility index (Phi) is 6.18. The van der Waals surface area contributed by atoms with Gasteiger partial charge in [-0.25, -0.2) is 0 Å². The highest BCUT2D eigenvalue weighted by Crippen LogP contribution is 2.32. The van der Waals surface area contributed by atoms with Crippen molar-refractivity contribution in [1.29, 1.82) is 0 Å². The Hall–Kier alpha value is -2.81. The topological polar surface area (TPSA) is 117 Å². The molecule has 1 aromatic rings. The van der Waals surface area contributed by atoms with Crippen molar-refractivity contribution >= 4 is 40.8 Å². The Morgan fingerprint density at radius 1 is 1.32 bits per heavy atom. The van der Waals surface area contributed by atoms with E-state index in [4.69, 9.17) is 9.47 Å². The van der Waals surface area contributed by atoms with Crippen LogP contribution in [0.1, 0.15) is 19.4 Å². The molecule has 1 aromatic carbocycles. The molecule has 0 saturated heterocycles. The van der Waals surface area contributed by atoms with Crippen LogP contribution in [0, 0.1) is 0 Å². The standard InChI is InChI=1S/C16H16N2O6S/c1-3-23-12-6-10(4-5-11(12)24-8-14(20)21)7-13-15(22)18-16(25-13)17-9(2)19/h4-7H,3,8H2,1-2H3,(H,20,21)(H,17,18,19,22)/p-1/b13-7+. The molecular formula is C16H15N2O6S-. The first-order valence-electron chi connectivity index (χ1n) is 7.28. The largest absolute Gasteiger partial charge is 0.546 e. The summed E-state index contributed by atoms with van der Waals surface area (Å²) < 4.78 is 10.5. The predicted octanol–water partition coefficient (Wildman–Crippen LogP) is 0.320. The Balaban J connectivity index is 2.19. The lowest BCUT2D eigenvalue weighted by Crippen LogP contribution is -2.29. The normalized spacial score (nSPS) is 15.0. The number of rotatable bonds is 6. The monoisotopic (exact) mass is 363 g/mol. The molecule has 0 fully saturated rings. The van der Waals surface area contributed by atoms with Gasteiger partial charge in [0.05, 0.1) is 17.5 Å². The van der Waals surface area contributed by atoms with Gasteiger partial charge < -0.3 is 24.7 Å². The molecule has 0 atom stereocenters. The van der Waals surface area contributed by atoms with E-state index in [2.05, 4.69) is 10.3 Å². The third-order valence-corrected chi connectivity index (χ3v) is 3.71. The lowest BCUT2D eigenvalue weighted by Gasteiger charge is -2.13. The number of aliphatic imine (C=N–C) groups is 1. The second-order valence-corrected chi connectivity index (χ2v) is 5.84. The van der Waals surface area contributed by atoms with Gasteiger partial charge in [0.15, 0.2) is 16.7 Å². The molecule has 132 valence electrons. The summed E-state index contributed by atoms with van der Waals surface area (Å²) in [6, 6.07) is 4.80. The molecule has 0 aliphatic carbocycles. The SMILES string of the molecule is CCOc1cc(/C=C2/SC(NC(C)=O)=NC2=O)ccc1OCC(=O)[O-]. The van der Waals surface area contributed by atoms with E-state index in [-0.39, 0.29) is 16.8 Å². The smallest absolute Gasteiger partial charge is 0.286 e. The number of carbonyl (C=O) groups excluding carboxylic acids is 3. The molecule has 2 rings (SSSR count). The summed E-state index contributed by atoms with van der Waals surface area (Å²) in [7, 11) is 0. The van der Waals surface area contributed by atoms with Gasteiger partial charge in [-0.1, -0.05) is 6.07 Å². The van der Waals surface area contributed by atoms with Crippen LogP contribution >= 0.6 is 11.8 Å². The quantitative estimate of drug-likeness (QED) is 0.723. The van der Waals surface area contributed by atoms with E-state index in [0.717, 1.165) is 11.8 Å². The summed E-state index contributed by atoms with van der Waals surface area (Å²) in [5, 5.41) is 13.2. The summed E-state index contributed by atoms with van der Waals surface area (Å²) in [5.41, 5.74) is 0.638. The molecule has 0 unspecified atom stereocenters. The summed E-state index contributed by atoms with van der Waals surface area (Å²) >= 11 is 1.05. The molecule has 0 saturated carbocycles. The van der Waals surface area contributed by atoms with Gasteiger partial charge in [0, 0.05) is 6.92 Å². The van der Waals surface area contributed by atoms with Gasteiger partial charge in [-0.3, -0.25) is 9.59 Å². The van der Waals surface area contributed by atoms with Crippen molar-refractivity contribution in [3.8, 4) is 11.5 Å². The number of thioether (sulfide) groups is 1. The molecule has 2 amide bonds. The van der Waals surface area contributed by atoms with Crippen LogP contribution in [0.25, 0.3) is 6.08 Å². The number of nitrogens with zero attached hydrogens (tertiary/aromatic N) is 1. The van der Waals surface area contributed by atoms with Crippen LogP contribution in [-0.2, 0) is 14.4 Å². The number of amidine groups is 1. The first-order valence-corrected chi connectivity index (χ1v) is 8.10. The molecular weight excluding hydrogens is 348 g/mol. The van der Waals surface area contributed by atoms with Crippen LogP contribution in [0.4, 0.5) is 0 Å². The van der Waals surface area contributed by atoms with Gasteiger partial charge in [-0.2, -0.15) is 4.99 Å². The zero-order valence-corrected chi connectivity index (χ0v) is 14.3. The summed E-state index contributed by atoms with van der Waals surface area (Å²) in [5.74, 6) is -1.51. The van der Waals surface area contributed by atoms with E-state index in [9.17, 15) is 19.5 Å². The highest BCUT2D eigenvalue weighted by molar-refractivity contribution is 8.18. The third-order valence-electron chi connectivity index (χ3n) is 2.81. The van der Waals surface area contributed by atoms with E-state index < -0.39 is 18.5 Å². The highest BCUT2D eigenvalue weighted by Gasteiger charge is 2.22. The maximum absolute atomic E-state index is 11.9. The third kappa shape index (κ3) is 5.35. The second kappa shape index (κ2) is 8.34. The molecule has 0 radical (unpaired) electrons. The summed E-state index contributed by atoms with van der Waals surface area (Å²) in [4.78, 5) is 37.5. The summed E-state index contributed by atoms with van der Waals surface area (Å²) in [6.45, 7) is 2.86. The fourth-order valence-electron chi connectivity index (χ4n) is 1.90. The van der Waals surface area contributed by atoms with Gasteiger partial charge in [-0.05, 0) is 42.5 Å². The minimum absolute atomic E-state index is 0.225. The average Bonchev–Trinajstić information content (AvgIpc) is 2.85. The van der Waals surface area contributed by atoms with Gasteiger partial charge in [0.2, 0.25) is 5.91 Å². The number of nitrogens with one attached hydrogen (secondary N) is 1. The van der Waals surface area contributed by atoms with Gasteiger partial charge in [-0.15, -0.1) is 0 Å². The van der Waals surface area contributed by atoms with Crippen LogP contribution < -0.4 is 19.9 Å². The van der Waals surface area contributed by atoms with Crippen LogP contribution in [0.3, 0.4) is 0 Å². The van der Waals surface area contributed by atoms with Crippen LogP contribution in [0.15, 0.2) is 28.1 Å². The lowest BCUT2D eigenvalue weighted by atomic mass is 10.2. The number of ether oxygens (including phenoxy) is 2. The van der Waals surface area contributed by atoms with E-state index in [1.807, 2.05) is 0 Å². The fourth-order valence-corrected chi connectivity index (χ4v) is 2.76. The van der Waals surface area contributed by atoms with Gasteiger partial charge >= 0.3 is 0 Å². The predicted molar refractivity (Wildman–Crippen MR) is 89.9 cm³/mol. The molecule has 1 aliphatic heterocycles. The van der Waals surface area contributed by atoms with Crippen molar-refractivity contribution in [3.63, 3.8) is 0 Å². The molecule has 0 spiro atoms. The number of benzene rings is 1. The second-order valence-electron chi connectivity index (χ2n) is 4.81. The molecule has 1 aliphatic rings. The zero-order valence-electron chi connectivity index (χ0n) is 13.5. The molecule has 0 aromatic heterocycles. The fraction of sp³-hybridized carbons (Fsp3) is 0.250. The van der Waals surface area contributed by atoms with Gasteiger partial charge in [0.1, 0.15) is 6.61 Å². The minimum atomic E-state index is -1.34. The van der Waals surface area contributed by atoms with E-state index in [1.54, 1.807) is 31.2 Å². The van der Waals surface area contributed by atoms with Crippen molar-refractivity contribution < 1.29 is 29.0 Å². The Morgan fingerprint density at radius 3 is 2.72 bits per heavy atom. The molecule has 0 bridgehead atoms. The molecule has 8 nitrogen and oxygen atoms in total. The van der Waals surface area contributed by atoms with Crippen molar-refractivity contribution in [2.24, 2.45) is 4.99 Å². The van der Waals surface area contributed by atoms with E-state index >= 15 is 0 Å². The Morgan fingerprint density at radius 2 is 2.08 bits per heavy atom. The van der Waals surface area contributed by atoms with Crippen molar-refractivity contribution in [1.82, 2.24) is 5.32 Å². The van der Waals surface area contributed by atoms with Crippen LogP contribution in [0.2, 0.25) is 0 Å². The zero-order chi connectivity index (χ0) is 18.4. The van der Waals surface area contributed by atoms with E-state index in [1.165, 1.54) is 6.92 Å². The number of carboxylic acids is 1. The van der Waals surface area contributed by atoms with Crippen molar-refractivity contribution in [2.75, 3.05) is 13.2 Å². The minimum Gasteiger partial charge on any atom is -0.546 e. The first kappa shape index (κ1) is 18.5. The molecule has 25 heavy (non-hydrogen) atoms. The number of hydrogen-bond acceptors (Lipinski definition) is 7. The summed E-state index contributed by atoms with van der Waals surface area (Å²) in [6.07, 6.45) is 1.59. The van der Waals surface area contributed by atoms with Gasteiger partial charge in [0.25, 0.3) is 5.91 Å². The maximum atomic E-state index is 11.9. The average molecular weight is 363 g/mol. The lowest BCUT2D eigenvalue weighted by molar-refractivity contribution is -0.307. The molecule has 1 heterocycles. The molecule has 9 heteroatoms. The van der Waals surface area contributed by atoms with Crippen molar-refractivity contribution in [3.05, 3.63) is 28.7 Å². The van der Waals surface area contributed by atoms with E-state index in [0.29, 0.717) is 22.8 Å². The maximum Gasteiger partial charge on any atom is 0.286 e. The Labute approximate surface area is 147 Å². The number of carboxylic acid groups (broad SMARTS) is 1. The van der Waals surface area contributed by atoms with Crippen LogP contribution in [0.5, 0.6) is 11.5 Å². The molecule has 1 N–H and O–H groups in total. The number of carbonyl (C=O) groups is 3. The van der Waals surface area contributed by atoms with Crippen molar-refractivity contribution in [2.45, 2.75) is 13.8 Å². The number of hydrogen-bond donors (Lipinski definition) is 1. The number of aliphatic carboxylic acids is 1. The first-order chi connectivity index (χ1) is 11.9. The Bertz CT molecular complexity index is 772. The highest BCUT2D eigenvalue weighted by atomic mass is 32.2. The number of amides is 2.